The van der Waals surface area contributed by atoms with Gasteiger partial charge in [-0.2, -0.15) is 10.4 Å². The molecule has 0 aliphatic carbocycles. The number of nitrogens with zero attached hydrogens (tertiary/aromatic N) is 4. The summed E-state index contributed by atoms with van der Waals surface area (Å²) in [5.74, 6) is -1.27. The normalized spacial score (nSPS) is 15.6. The van der Waals surface area contributed by atoms with E-state index in [2.05, 4.69) is 21.4 Å². The summed E-state index contributed by atoms with van der Waals surface area (Å²) >= 11 is 0. The number of fused-ring (bicyclic) bond motifs is 1. The number of anilines is 2. The number of hydrogen-bond donors (Lipinski definition) is 1. The molecule has 2 aliphatic heterocycles. The second kappa shape index (κ2) is 9.62. The Hall–Kier alpha value is -4.13. The number of benzene rings is 2. The van der Waals surface area contributed by atoms with Gasteiger partial charge < -0.3 is 19.7 Å². The first-order chi connectivity index (χ1) is 17.0. The van der Waals surface area contributed by atoms with E-state index in [1.807, 2.05) is 0 Å². The van der Waals surface area contributed by atoms with Crippen LogP contribution in [0.4, 0.5) is 20.2 Å². The van der Waals surface area contributed by atoms with Gasteiger partial charge in [0.1, 0.15) is 17.5 Å². The van der Waals surface area contributed by atoms with Crippen LogP contribution >= 0.6 is 0 Å². The highest BCUT2D eigenvalue weighted by atomic mass is 19.1. The van der Waals surface area contributed by atoms with Gasteiger partial charge >= 0.3 is 0 Å². The number of ether oxygens (including phenoxy) is 2. The maximum absolute atomic E-state index is 14.0. The van der Waals surface area contributed by atoms with Crippen molar-refractivity contribution in [2.24, 2.45) is 0 Å². The zero-order chi connectivity index (χ0) is 24.4. The van der Waals surface area contributed by atoms with E-state index in [9.17, 15) is 18.8 Å². The first-order valence-electron chi connectivity index (χ1n) is 11.4. The van der Waals surface area contributed by atoms with Crippen LogP contribution in [0, 0.1) is 23.0 Å². The molecule has 0 bridgehead atoms. The molecule has 2 aromatic carbocycles. The Labute approximate surface area is 200 Å². The van der Waals surface area contributed by atoms with Gasteiger partial charge in [0, 0.05) is 45.0 Å². The Balaban J connectivity index is 1.30. The highest BCUT2D eigenvalue weighted by Gasteiger charge is 2.26. The third-order valence-electron chi connectivity index (χ3n) is 6.13. The second-order valence-electron chi connectivity index (χ2n) is 8.47. The van der Waals surface area contributed by atoms with Crippen molar-refractivity contribution in [3.05, 3.63) is 65.4 Å². The molecule has 0 spiro atoms. The Morgan fingerprint density at radius 3 is 2.77 bits per heavy atom. The summed E-state index contributed by atoms with van der Waals surface area (Å²) in [7, 11) is 0. The Bertz CT molecular complexity index is 1290. The van der Waals surface area contributed by atoms with Crippen molar-refractivity contribution in [3.8, 4) is 17.7 Å². The van der Waals surface area contributed by atoms with Crippen LogP contribution < -0.4 is 19.7 Å². The standard InChI is InChI=1S/C25H23F2N5O3/c26-17-3-5-23(20(27)13-17)35-18-6-9-31(10-7-18)22-4-2-16(14-28)12-21(22)30-24(33)19-15-29-32-8-1-11-34-25(19)32/h2-5,12-13,15,18H,1,6-11H2,(H,30,33). The van der Waals surface area contributed by atoms with Crippen molar-refractivity contribution < 1.29 is 23.0 Å². The maximum Gasteiger partial charge on any atom is 0.262 e. The number of nitrogens with one attached hydrogen (secondary N) is 1. The Kier molecular flexibility index (Phi) is 6.23. The molecule has 1 fully saturated rings. The largest absolute Gasteiger partial charge is 0.487 e. The minimum atomic E-state index is -0.726. The molecule has 35 heavy (non-hydrogen) atoms. The van der Waals surface area contributed by atoms with E-state index < -0.39 is 11.6 Å². The number of nitriles is 1. The molecule has 0 atom stereocenters. The number of aryl methyl sites for hydroxylation is 1. The van der Waals surface area contributed by atoms with Gasteiger partial charge in [0.15, 0.2) is 11.6 Å². The number of rotatable bonds is 5. The molecule has 1 N–H and O–H groups in total. The number of amides is 1. The van der Waals surface area contributed by atoms with Gasteiger partial charge in [-0.3, -0.25) is 4.79 Å². The summed E-state index contributed by atoms with van der Waals surface area (Å²) in [5, 5.41) is 16.5. The van der Waals surface area contributed by atoms with Crippen LogP contribution in [0.15, 0.2) is 42.6 Å². The van der Waals surface area contributed by atoms with Gasteiger partial charge in [0.25, 0.3) is 5.91 Å². The lowest BCUT2D eigenvalue weighted by Crippen LogP contribution is -2.38. The summed E-state index contributed by atoms with van der Waals surface area (Å²) in [6.45, 7) is 2.40. The number of hydrogen-bond acceptors (Lipinski definition) is 6. The van der Waals surface area contributed by atoms with Crippen LogP contribution in [0.3, 0.4) is 0 Å². The van der Waals surface area contributed by atoms with Crippen LogP contribution in [-0.4, -0.2) is 41.5 Å². The summed E-state index contributed by atoms with van der Waals surface area (Å²) in [6, 6.07) is 10.5. The van der Waals surface area contributed by atoms with Crippen molar-refractivity contribution in [1.82, 2.24) is 9.78 Å². The zero-order valence-corrected chi connectivity index (χ0v) is 18.8. The highest BCUT2D eigenvalue weighted by Crippen LogP contribution is 2.32. The van der Waals surface area contributed by atoms with E-state index in [0.29, 0.717) is 61.8 Å². The molecule has 1 aromatic heterocycles. The van der Waals surface area contributed by atoms with E-state index in [0.717, 1.165) is 18.2 Å². The third kappa shape index (κ3) is 4.75. The predicted molar refractivity (Wildman–Crippen MR) is 124 cm³/mol. The molecular formula is C25H23F2N5O3. The minimum absolute atomic E-state index is 0.0305. The van der Waals surface area contributed by atoms with Crippen LogP contribution in [-0.2, 0) is 6.54 Å². The molecule has 1 saturated heterocycles. The topological polar surface area (TPSA) is 92.4 Å². The fourth-order valence-electron chi connectivity index (χ4n) is 4.36. The SMILES string of the molecule is N#Cc1ccc(N2CCC(Oc3ccc(F)cc3F)CC2)c(NC(=O)c2cnn3c2OCCC3)c1. The van der Waals surface area contributed by atoms with E-state index in [1.54, 1.807) is 22.9 Å². The van der Waals surface area contributed by atoms with Crippen molar-refractivity contribution in [1.29, 1.82) is 5.26 Å². The number of carbonyl (C=O) groups is 1. The van der Waals surface area contributed by atoms with Gasteiger partial charge in [-0.25, -0.2) is 13.5 Å². The molecule has 2 aliphatic rings. The molecule has 3 heterocycles. The zero-order valence-electron chi connectivity index (χ0n) is 18.8. The molecule has 0 radical (unpaired) electrons. The lowest BCUT2D eigenvalue weighted by Gasteiger charge is -2.34. The van der Waals surface area contributed by atoms with E-state index in [-0.39, 0.29) is 17.8 Å². The van der Waals surface area contributed by atoms with E-state index in [1.165, 1.54) is 18.3 Å². The molecule has 3 aromatic rings. The van der Waals surface area contributed by atoms with E-state index in [4.69, 9.17) is 9.47 Å². The van der Waals surface area contributed by atoms with Crippen LogP contribution in [0.1, 0.15) is 35.2 Å². The Morgan fingerprint density at radius 1 is 1.17 bits per heavy atom. The molecule has 0 unspecified atom stereocenters. The average Bonchev–Trinajstić information content (AvgIpc) is 3.31. The quantitative estimate of drug-likeness (QED) is 0.592. The van der Waals surface area contributed by atoms with Crippen LogP contribution in [0.25, 0.3) is 0 Å². The predicted octanol–water partition coefficient (Wildman–Crippen LogP) is 4.12. The lowest BCUT2D eigenvalue weighted by atomic mass is 10.1. The summed E-state index contributed by atoms with van der Waals surface area (Å²) in [4.78, 5) is 15.1. The third-order valence-corrected chi connectivity index (χ3v) is 6.13. The molecule has 180 valence electrons. The molecular weight excluding hydrogens is 456 g/mol. The lowest BCUT2D eigenvalue weighted by molar-refractivity contribution is 0.102. The first kappa shape index (κ1) is 22.7. The fourth-order valence-corrected chi connectivity index (χ4v) is 4.36. The molecule has 8 nitrogen and oxygen atoms in total. The van der Waals surface area contributed by atoms with Crippen LogP contribution in [0.2, 0.25) is 0 Å². The van der Waals surface area contributed by atoms with Crippen molar-refractivity contribution in [3.63, 3.8) is 0 Å². The minimum Gasteiger partial charge on any atom is -0.487 e. The highest BCUT2D eigenvalue weighted by molar-refractivity contribution is 6.07. The average molecular weight is 479 g/mol. The maximum atomic E-state index is 14.0. The van der Waals surface area contributed by atoms with Crippen LogP contribution in [0.5, 0.6) is 11.6 Å². The number of aromatic nitrogens is 2. The monoisotopic (exact) mass is 479 g/mol. The summed E-state index contributed by atoms with van der Waals surface area (Å²) < 4.78 is 40.2. The number of piperidine rings is 1. The van der Waals surface area contributed by atoms with Gasteiger partial charge in [0.05, 0.1) is 35.8 Å². The Morgan fingerprint density at radius 2 is 2.00 bits per heavy atom. The second-order valence-corrected chi connectivity index (χ2v) is 8.47. The van der Waals surface area contributed by atoms with Gasteiger partial charge in [-0.1, -0.05) is 0 Å². The van der Waals surface area contributed by atoms with Gasteiger partial charge in [0.2, 0.25) is 5.88 Å². The van der Waals surface area contributed by atoms with Crippen molar-refractivity contribution in [2.45, 2.75) is 31.9 Å². The van der Waals surface area contributed by atoms with Crippen molar-refractivity contribution >= 4 is 17.3 Å². The summed E-state index contributed by atoms with van der Waals surface area (Å²) in [6.07, 6.45) is 3.31. The summed E-state index contributed by atoms with van der Waals surface area (Å²) in [5.41, 5.74) is 2.04. The molecule has 5 rings (SSSR count). The van der Waals surface area contributed by atoms with Gasteiger partial charge in [-0.15, -0.1) is 0 Å². The smallest absolute Gasteiger partial charge is 0.262 e. The molecule has 0 saturated carbocycles. The fraction of sp³-hybridized carbons (Fsp3) is 0.320. The molecule has 1 amide bonds. The van der Waals surface area contributed by atoms with E-state index >= 15 is 0 Å². The van der Waals surface area contributed by atoms with Crippen molar-refractivity contribution in [2.75, 3.05) is 29.9 Å². The first-order valence-corrected chi connectivity index (χ1v) is 11.4. The number of halogens is 2. The van der Waals surface area contributed by atoms with Gasteiger partial charge in [-0.05, 0) is 30.3 Å². The molecule has 10 heteroatoms. The number of carbonyl (C=O) groups excluding carboxylic acids is 1.